The van der Waals surface area contributed by atoms with Gasteiger partial charge in [0.25, 0.3) is 5.91 Å². The summed E-state index contributed by atoms with van der Waals surface area (Å²) in [5.74, 6) is 0.717. The van der Waals surface area contributed by atoms with E-state index in [4.69, 9.17) is 16.3 Å². The summed E-state index contributed by atoms with van der Waals surface area (Å²) in [6, 6.07) is 5.43. The SMILES string of the molecule is C=CCNC(=O)CN1CCN(C(=O)C2Cc3cc(Cl)ccc3O2)CC1. The first kappa shape index (κ1) is 17.8. The predicted molar refractivity (Wildman–Crippen MR) is 95.8 cm³/mol. The van der Waals surface area contributed by atoms with Gasteiger partial charge in [0.15, 0.2) is 6.10 Å². The zero-order valence-electron chi connectivity index (χ0n) is 14.0. The molecule has 1 fully saturated rings. The maximum Gasteiger partial charge on any atom is 0.264 e. The van der Waals surface area contributed by atoms with Gasteiger partial charge in [-0.25, -0.2) is 0 Å². The van der Waals surface area contributed by atoms with Gasteiger partial charge < -0.3 is 15.0 Å². The maximum atomic E-state index is 12.7. The number of benzene rings is 1. The van der Waals surface area contributed by atoms with Gasteiger partial charge in [-0.15, -0.1) is 6.58 Å². The Morgan fingerprint density at radius 2 is 2.08 bits per heavy atom. The molecule has 134 valence electrons. The quantitative estimate of drug-likeness (QED) is 0.795. The van der Waals surface area contributed by atoms with E-state index in [9.17, 15) is 9.59 Å². The minimum Gasteiger partial charge on any atom is -0.480 e. The Morgan fingerprint density at radius 3 is 2.80 bits per heavy atom. The van der Waals surface area contributed by atoms with Gasteiger partial charge in [-0.05, 0) is 23.8 Å². The lowest BCUT2D eigenvalue weighted by molar-refractivity contribution is -0.139. The van der Waals surface area contributed by atoms with Gasteiger partial charge >= 0.3 is 0 Å². The van der Waals surface area contributed by atoms with Crippen molar-refractivity contribution in [3.63, 3.8) is 0 Å². The average molecular weight is 364 g/mol. The van der Waals surface area contributed by atoms with Gasteiger partial charge in [0.2, 0.25) is 5.91 Å². The van der Waals surface area contributed by atoms with E-state index < -0.39 is 6.10 Å². The molecule has 0 aliphatic carbocycles. The minimum atomic E-state index is -0.476. The molecule has 0 aromatic heterocycles. The lowest BCUT2D eigenvalue weighted by Gasteiger charge is -2.35. The Kier molecular flexibility index (Phi) is 5.60. The Morgan fingerprint density at radius 1 is 1.32 bits per heavy atom. The van der Waals surface area contributed by atoms with Crippen LogP contribution in [-0.2, 0) is 16.0 Å². The van der Waals surface area contributed by atoms with Gasteiger partial charge in [-0.3, -0.25) is 14.5 Å². The highest BCUT2D eigenvalue weighted by molar-refractivity contribution is 6.30. The average Bonchev–Trinajstić information content (AvgIpc) is 3.03. The summed E-state index contributed by atoms with van der Waals surface area (Å²) in [5, 5.41) is 3.41. The molecule has 1 aromatic carbocycles. The molecule has 2 aliphatic heterocycles. The fourth-order valence-corrected chi connectivity index (χ4v) is 3.32. The first-order chi connectivity index (χ1) is 12.1. The van der Waals surface area contributed by atoms with E-state index in [1.54, 1.807) is 12.1 Å². The van der Waals surface area contributed by atoms with Crippen molar-refractivity contribution in [3.8, 4) is 5.75 Å². The minimum absolute atomic E-state index is 0.00285. The van der Waals surface area contributed by atoms with Gasteiger partial charge in [-0.1, -0.05) is 17.7 Å². The van der Waals surface area contributed by atoms with E-state index in [1.807, 2.05) is 21.9 Å². The zero-order chi connectivity index (χ0) is 17.8. The van der Waals surface area contributed by atoms with Crippen molar-refractivity contribution < 1.29 is 14.3 Å². The number of amides is 2. The Labute approximate surface area is 152 Å². The molecule has 0 saturated carbocycles. The number of carbonyl (C=O) groups is 2. The molecule has 1 aromatic rings. The molecule has 0 spiro atoms. The molecule has 1 N–H and O–H groups in total. The van der Waals surface area contributed by atoms with Crippen molar-refractivity contribution in [2.45, 2.75) is 12.5 Å². The summed E-state index contributed by atoms with van der Waals surface area (Å²) in [5.41, 5.74) is 0.975. The number of hydrogen-bond donors (Lipinski definition) is 1. The number of piperazine rings is 1. The second-order valence-electron chi connectivity index (χ2n) is 6.26. The summed E-state index contributed by atoms with van der Waals surface area (Å²) in [6.07, 6.45) is 1.73. The fourth-order valence-electron chi connectivity index (χ4n) is 3.13. The third kappa shape index (κ3) is 4.32. The van der Waals surface area contributed by atoms with Crippen LogP contribution in [0.5, 0.6) is 5.75 Å². The normalized spacial score (nSPS) is 19.9. The van der Waals surface area contributed by atoms with E-state index in [0.29, 0.717) is 50.7 Å². The smallest absolute Gasteiger partial charge is 0.264 e. The first-order valence-corrected chi connectivity index (χ1v) is 8.78. The summed E-state index contributed by atoms with van der Waals surface area (Å²) in [7, 11) is 0. The van der Waals surface area contributed by atoms with Crippen LogP contribution in [0, 0.1) is 0 Å². The fraction of sp³-hybridized carbons (Fsp3) is 0.444. The van der Waals surface area contributed by atoms with Crippen molar-refractivity contribution in [2.75, 3.05) is 39.3 Å². The Hall–Kier alpha value is -2.05. The van der Waals surface area contributed by atoms with Crippen molar-refractivity contribution in [1.82, 2.24) is 15.1 Å². The second-order valence-corrected chi connectivity index (χ2v) is 6.69. The summed E-state index contributed by atoms with van der Waals surface area (Å²) in [4.78, 5) is 28.3. The van der Waals surface area contributed by atoms with Crippen molar-refractivity contribution in [2.24, 2.45) is 0 Å². The highest BCUT2D eigenvalue weighted by Gasteiger charge is 2.34. The summed E-state index contributed by atoms with van der Waals surface area (Å²) >= 11 is 5.99. The van der Waals surface area contributed by atoms with Crippen LogP contribution in [0.3, 0.4) is 0 Å². The maximum absolute atomic E-state index is 12.7. The number of ether oxygens (including phenoxy) is 1. The predicted octanol–water partition coefficient (Wildman–Crippen LogP) is 1.09. The number of nitrogens with one attached hydrogen (secondary N) is 1. The molecule has 7 heteroatoms. The molecular weight excluding hydrogens is 342 g/mol. The van der Waals surface area contributed by atoms with Crippen molar-refractivity contribution in [1.29, 1.82) is 0 Å². The van der Waals surface area contributed by atoms with Crippen LogP contribution in [0.1, 0.15) is 5.56 Å². The molecule has 1 unspecified atom stereocenters. The first-order valence-electron chi connectivity index (χ1n) is 8.40. The third-order valence-electron chi connectivity index (χ3n) is 4.47. The molecule has 25 heavy (non-hydrogen) atoms. The highest BCUT2D eigenvalue weighted by atomic mass is 35.5. The van der Waals surface area contributed by atoms with Gasteiger partial charge in [0.05, 0.1) is 6.54 Å². The summed E-state index contributed by atoms with van der Waals surface area (Å²) < 4.78 is 5.78. The number of carbonyl (C=O) groups excluding carboxylic acids is 2. The number of hydrogen-bond acceptors (Lipinski definition) is 4. The van der Waals surface area contributed by atoms with E-state index in [-0.39, 0.29) is 11.8 Å². The van der Waals surface area contributed by atoms with Crippen LogP contribution in [0.4, 0.5) is 0 Å². The van der Waals surface area contributed by atoms with E-state index in [0.717, 1.165) is 11.3 Å². The van der Waals surface area contributed by atoms with E-state index >= 15 is 0 Å². The molecule has 1 atom stereocenters. The molecular formula is C18H22ClN3O3. The van der Waals surface area contributed by atoms with Crippen molar-refractivity contribution in [3.05, 3.63) is 41.4 Å². The number of nitrogens with zero attached hydrogens (tertiary/aromatic N) is 2. The molecule has 0 radical (unpaired) electrons. The molecule has 2 amide bonds. The lowest BCUT2D eigenvalue weighted by atomic mass is 10.1. The van der Waals surface area contributed by atoms with Crippen LogP contribution in [0.25, 0.3) is 0 Å². The monoisotopic (exact) mass is 363 g/mol. The van der Waals surface area contributed by atoms with Gasteiger partial charge in [-0.2, -0.15) is 0 Å². The van der Waals surface area contributed by atoms with Crippen LogP contribution < -0.4 is 10.1 Å². The van der Waals surface area contributed by atoms with Crippen LogP contribution in [0.2, 0.25) is 5.02 Å². The van der Waals surface area contributed by atoms with Crippen molar-refractivity contribution >= 4 is 23.4 Å². The Balaban J connectivity index is 1.48. The molecule has 6 nitrogen and oxygen atoms in total. The van der Waals surface area contributed by atoms with Crippen LogP contribution in [0.15, 0.2) is 30.9 Å². The van der Waals surface area contributed by atoms with Gasteiger partial charge in [0.1, 0.15) is 5.75 Å². The second kappa shape index (κ2) is 7.89. The Bertz CT molecular complexity index is 672. The van der Waals surface area contributed by atoms with Gasteiger partial charge in [0, 0.05) is 44.2 Å². The molecule has 0 bridgehead atoms. The van der Waals surface area contributed by atoms with E-state index in [1.165, 1.54) is 0 Å². The molecule has 1 saturated heterocycles. The van der Waals surface area contributed by atoms with Crippen LogP contribution in [-0.4, -0.2) is 67.0 Å². The number of fused-ring (bicyclic) bond motifs is 1. The number of halogens is 1. The van der Waals surface area contributed by atoms with E-state index in [2.05, 4.69) is 11.9 Å². The lowest BCUT2D eigenvalue weighted by Crippen LogP contribution is -2.53. The molecule has 2 heterocycles. The molecule has 2 aliphatic rings. The van der Waals surface area contributed by atoms with Crippen LogP contribution >= 0.6 is 11.6 Å². The third-order valence-corrected chi connectivity index (χ3v) is 4.70. The zero-order valence-corrected chi connectivity index (χ0v) is 14.8. The largest absolute Gasteiger partial charge is 0.480 e. The molecule has 3 rings (SSSR count). The highest BCUT2D eigenvalue weighted by Crippen LogP contribution is 2.31. The number of rotatable bonds is 5. The summed E-state index contributed by atoms with van der Waals surface area (Å²) in [6.45, 7) is 6.96. The standard InChI is InChI=1S/C18H22ClN3O3/c1-2-5-20-17(23)12-21-6-8-22(9-7-21)18(24)16-11-13-10-14(19)3-4-15(13)25-16/h2-4,10,16H,1,5-9,11-12H2,(H,20,23). The topological polar surface area (TPSA) is 61.9 Å².